The maximum Gasteiger partial charge on any atom is 0.314 e. The summed E-state index contributed by atoms with van der Waals surface area (Å²) >= 11 is 0. The molecule has 1 saturated carbocycles. The summed E-state index contributed by atoms with van der Waals surface area (Å²) in [5.41, 5.74) is -0.257. The minimum Gasteiger partial charge on any atom is -0.426 e. The van der Waals surface area contributed by atoms with Gasteiger partial charge in [-0.15, -0.1) is 0 Å². The van der Waals surface area contributed by atoms with Crippen LogP contribution in [0.5, 0.6) is 5.75 Å². The summed E-state index contributed by atoms with van der Waals surface area (Å²) in [4.78, 5) is 12.2. The predicted molar refractivity (Wildman–Crippen MR) is 88.5 cm³/mol. The third kappa shape index (κ3) is 3.89. The Kier molecular flexibility index (Phi) is 5.30. The van der Waals surface area contributed by atoms with Crippen molar-refractivity contribution in [2.75, 3.05) is 0 Å². The van der Waals surface area contributed by atoms with Gasteiger partial charge in [-0.3, -0.25) is 4.79 Å². The maximum absolute atomic E-state index is 14.3. The highest BCUT2D eigenvalue weighted by atomic mass is 19.2. The van der Waals surface area contributed by atoms with Crippen molar-refractivity contribution in [2.24, 2.45) is 11.8 Å². The first-order valence-electron chi connectivity index (χ1n) is 8.51. The molecule has 0 unspecified atom stereocenters. The summed E-state index contributed by atoms with van der Waals surface area (Å²) in [5, 5.41) is 0. The number of hydrogen-bond donors (Lipinski definition) is 0. The fraction of sp³-hybridized carbons (Fsp3) is 0.350. The lowest BCUT2D eigenvalue weighted by Gasteiger charge is -2.24. The van der Waals surface area contributed by atoms with Crippen LogP contribution in [0.3, 0.4) is 0 Å². The van der Waals surface area contributed by atoms with Gasteiger partial charge in [-0.05, 0) is 61.4 Å². The maximum atomic E-state index is 14.3. The van der Waals surface area contributed by atoms with Crippen LogP contribution in [0.1, 0.15) is 32.6 Å². The molecule has 2 aromatic carbocycles. The number of carbonyl (C=O) groups is 1. The van der Waals surface area contributed by atoms with Crippen LogP contribution < -0.4 is 4.74 Å². The molecule has 138 valence electrons. The van der Waals surface area contributed by atoms with Crippen LogP contribution in [0, 0.1) is 35.1 Å². The zero-order valence-corrected chi connectivity index (χ0v) is 14.2. The third-order valence-corrected chi connectivity index (χ3v) is 4.80. The summed E-state index contributed by atoms with van der Waals surface area (Å²) in [5.74, 6) is -5.22. The largest absolute Gasteiger partial charge is 0.426 e. The van der Waals surface area contributed by atoms with Gasteiger partial charge in [-0.2, -0.15) is 0 Å². The van der Waals surface area contributed by atoms with Gasteiger partial charge in [-0.1, -0.05) is 6.92 Å². The van der Waals surface area contributed by atoms with Gasteiger partial charge in [0.2, 0.25) is 0 Å². The number of benzene rings is 2. The molecule has 1 fully saturated rings. The van der Waals surface area contributed by atoms with Crippen molar-refractivity contribution in [3.05, 3.63) is 53.6 Å². The van der Waals surface area contributed by atoms with E-state index in [0.717, 1.165) is 31.7 Å². The van der Waals surface area contributed by atoms with E-state index >= 15 is 0 Å². The van der Waals surface area contributed by atoms with Crippen LogP contribution in [-0.2, 0) is 4.79 Å². The summed E-state index contributed by atoms with van der Waals surface area (Å²) in [6.07, 6.45) is 3.40. The zero-order chi connectivity index (χ0) is 18.8. The lowest BCUT2D eigenvalue weighted by Crippen LogP contribution is -2.25. The van der Waals surface area contributed by atoms with Crippen molar-refractivity contribution in [3.63, 3.8) is 0 Å². The Morgan fingerprint density at radius 1 is 0.923 bits per heavy atom. The van der Waals surface area contributed by atoms with Crippen LogP contribution in [0.4, 0.5) is 17.6 Å². The third-order valence-electron chi connectivity index (χ3n) is 4.80. The standard InChI is InChI=1S/C20H18F4O2/c1-11-2-4-12(5-3-11)20(25)26-14-6-7-15(16(21)10-14)13-8-17(22)19(24)18(23)9-13/h6-12H,2-5H2,1H3. The van der Waals surface area contributed by atoms with Gasteiger partial charge >= 0.3 is 5.97 Å². The van der Waals surface area contributed by atoms with Gasteiger partial charge in [0.15, 0.2) is 17.5 Å². The fourth-order valence-electron chi connectivity index (χ4n) is 3.20. The van der Waals surface area contributed by atoms with E-state index in [0.29, 0.717) is 18.1 Å². The number of ether oxygens (including phenoxy) is 1. The molecule has 0 saturated heterocycles. The fourth-order valence-corrected chi connectivity index (χ4v) is 3.20. The van der Waals surface area contributed by atoms with Gasteiger partial charge in [-0.25, -0.2) is 17.6 Å². The molecule has 0 spiro atoms. The molecular formula is C20H18F4O2. The highest BCUT2D eigenvalue weighted by molar-refractivity contribution is 5.75. The molecule has 0 N–H and O–H groups in total. The van der Waals surface area contributed by atoms with Gasteiger partial charge in [0.25, 0.3) is 0 Å². The van der Waals surface area contributed by atoms with Gasteiger partial charge in [0, 0.05) is 11.6 Å². The monoisotopic (exact) mass is 366 g/mol. The molecule has 26 heavy (non-hydrogen) atoms. The minimum absolute atomic E-state index is 0.0259. The number of halogens is 4. The molecule has 2 nitrogen and oxygen atoms in total. The number of carbonyl (C=O) groups excluding carboxylic acids is 1. The van der Waals surface area contributed by atoms with Crippen molar-refractivity contribution < 1.29 is 27.1 Å². The van der Waals surface area contributed by atoms with Crippen molar-refractivity contribution >= 4 is 5.97 Å². The summed E-state index contributed by atoms with van der Waals surface area (Å²) < 4.78 is 59.3. The van der Waals surface area contributed by atoms with Crippen LogP contribution >= 0.6 is 0 Å². The second kappa shape index (κ2) is 7.48. The van der Waals surface area contributed by atoms with Gasteiger partial charge in [0.05, 0.1) is 5.92 Å². The molecule has 0 heterocycles. The predicted octanol–water partition coefficient (Wildman–Crippen LogP) is 5.64. The van der Waals surface area contributed by atoms with E-state index in [1.165, 1.54) is 12.1 Å². The molecule has 0 bridgehead atoms. The van der Waals surface area contributed by atoms with Crippen LogP contribution in [-0.4, -0.2) is 5.97 Å². The molecule has 0 amide bonds. The Morgan fingerprint density at radius 3 is 2.12 bits per heavy atom. The van der Waals surface area contributed by atoms with Gasteiger partial charge < -0.3 is 4.74 Å². The molecule has 3 rings (SSSR count). The van der Waals surface area contributed by atoms with Gasteiger partial charge in [0.1, 0.15) is 11.6 Å². The Labute approximate surface area is 148 Å². The first-order valence-corrected chi connectivity index (χ1v) is 8.51. The average Bonchev–Trinajstić information content (AvgIpc) is 2.60. The second-order valence-corrected chi connectivity index (χ2v) is 6.77. The molecule has 1 aliphatic carbocycles. The first kappa shape index (κ1) is 18.4. The van der Waals surface area contributed by atoms with E-state index < -0.39 is 29.2 Å². The summed E-state index contributed by atoms with van der Waals surface area (Å²) in [7, 11) is 0. The minimum atomic E-state index is -1.61. The van der Waals surface area contributed by atoms with E-state index in [-0.39, 0.29) is 22.8 Å². The zero-order valence-electron chi connectivity index (χ0n) is 14.2. The lowest BCUT2D eigenvalue weighted by molar-refractivity contribution is -0.140. The van der Waals surface area contributed by atoms with Crippen molar-refractivity contribution in [3.8, 4) is 16.9 Å². The van der Waals surface area contributed by atoms with Crippen molar-refractivity contribution in [2.45, 2.75) is 32.6 Å². The van der Waals surface area contributed by atoms with Crippen molar-refractivity contribution in [1.29, 1.82) is 0 Å². The average molecular weight is 366 g/mol. The van der Waals surface area contributed by atoms with E-state index in [4.69, 9.17) is 4.74 Å². The van der Waals surface area contributed by atoms with E-state index in [2.05, 4.69) is 6.92 Å². The summed E-state index contributed by atoms with van der Waals surface area (Å²) in [6, 6.07) is 5.00. The van der Waals surface area contributed by atoms with E-state index in [1.54, 1.807) is 0 Å². The molecule has 6 heteroatoms. The van der Waals surface area contributed by atoms with E-state index in [1.807, 2.05) is 0 Å². The van der Waals surface area contributed by atoms with Crippen LogP contribution in [0.25, 0.3) is 11.1 Å². The van der Waals surface area contributed by atoms with Crippen LogP contribution in [0.2, 0.25) is 0 Å². The number of esters is 1. The Hall–Kier alpha value is -2.37. The quantitative estimate of drug-likeness (QED) is 0.304. The highest BCUT2D eigenvalue weighted by Crippen LogP contribution is 2.31. The van der Waals surface area contributed by atoms with Crippen molar-refractivity contribution in [1.82, 2.24) is 0 Å². The molecule has 0 radical (unpaired) electrons. The molecule has 0 aromatic heterocycles. The Balaban J connectivity index is 1.76. The lowest BCUT2D eigenvalue weighted by atomic mass is 9.83. The topological polar surface area (TPSA) is 26.3 Å². The molecule has 0 aliphatic heterocycles. The first-order chi connectivity index (χ1) is 12.3. The SMILES string of the molecule is CC1CCC(C(=O)Oc2ccc(-c3cc(F)c(F)c(F)c3)c(F)c2)CC1. The summed E-state index contributed by atoms with van der Waals surface area (Å²) in [6.45, 7) is 2.14. The second-order valence-electron chi connectivity index (χ2n) is 6.77. The molecule has 1 aliphatic rings. The molecular weight excluding hydrogens is 348 g/mol. The molecule has 0 atom stereocenters. The number of hydrogen-bond acceptors (Lipinski definition) is 2. The number of rotatable bonds is 3. The smallest absolute Gasteiger partial charge is 0.314 e. The van der Waals surface area contributed by atoms with E-state index in [9.17, 15) is 22.4 Å². The Morgan fingerprint density at radius 2 is 1.54 bits per heavy atom. The highest BCUT2D eigenvalue weighted by Gasteiger charge is 2.26. The Bertz CT molecular complexity index is 804. The van der Waals surface area contributed by atoms with Crippen LogP contribution in [0.15, 0.2) is 30.3 Å². The molecule has 2 aromatic rings. The normalized spacial score (nSPS) is 20.0.